The van der Waals surface area contributed by atoms with Crippen LogP contribution < -0.4 is 0 Å². The van der Waals surface area contributed by atoms with E-state index in [1.807, 2.05) is 0 Å². The summed E-state index contributed by atoms with van der Waals surface area (Å²) in [6.45, 7) is 2.13. The molecule has 3 aliphatic rings. The van der Waals surface area contributed by atoms with Gasteiger partial charge in [0.25, 0.3) is 0 Å². The average Bonchev–Trinajstić information content (AvgIpc) is 2.74. The standard InChI is InChI=1S/C17H21NO2/c1-17-9-8-11-12(14(17)5-7-16(17)20)4-6-15(19)13(11)3-2-10-18/h12,14H,2-9H2,1H3. The molecule has 0 radical (unpaired) electrons. The Kier molecular flexibility index (Phi) is 3.28. The molecule has 3 heteroatoms. The van der Waals surface area contributed by atoms with Crippen molar-refractivity contribution in [1.82, 2.24) is 0 Å². The summed E-state index contributed by atoms with van der Waals surface area (Å²) in [5.74, 6) is 1.53. The zero-order valence-electron chi connectivity index (χ0n) is 12.1. The van der Waals surface area contributed by atoms with Crippen LogP contribution in [0.5, 0.6) is 0 Å². The van der Waals surface area contributed by atoms with Crippen LogP contribution in [0.3, 0.4) is 0 Å². The van der Waals surface area contributed by atoms with Gasteiger partial charge in [0.2, 0.25) is 0 Å². The Bertz CT molecular complexity index is 540. The molecule has 0 N–H and O–H groups in total. The maximum atomic E-state index is 12.2. The SMILES string of the molecule is CC12CCC3=C(CCC#N)C(=O)CCC3C1CCC2=O. The molecule has 3 unspecified atom stereocenters. The lowest BCUT2D eigenvalue weighted by Crippen LogP contribution is -2.40. The number of fused-ring (bicyclic) bond motifs is 3. The first kappa shape index (κ1) is 13.5. The maximum Gasteiger partial charge on any atom is 0.158 e. The van der Waals surface area contributed by atoms with Gasteiger partial charge in [0.1, 0.15) is 5.78 Å². The number of carbonyl (C=O) groups is 2. The highest BCUT2D eigenvalue weighted by Crippen LogP contribution is 2.57. The van der Waals surface area contributed by atoms with Crippen molar-refractivity contribution >= 4 is 11.6 Å². The predicted molar refractivity (Wildman–Crippen MR) is 74.7 cm³/mol. The fourth-order valence-electron chi connectivity index (χ4n) is 4.74. The first-order valence-electron chi connectivity index (χ1n) is 7.73. The number of allylic oxidation sites excluding steroid dienone is 2. The number of hydrogen-bond donors (Lipinski definition) is 0. The molecule has 3 aliphatic carbocycles. The zero-order chi connectivity index (χ0) is 14.3. The third kappa shape index (κ3) is 1.85. The maximum absolute atomic E-state index is 12.2. The molecule has 3 atom stereocenters. The van der Waals surface area contributed by atoms with Crippen molar-refractivity contribution in [2.24, 2.45) is 17.3 Å². The minimum atomic E-state index is -0.144. The summed E-state index contributed by atoms with van der Waals surface area (Å²) in [5.41, 5.74) is 2.09. The van der Waals surface area contributed by atoms with Gasteiger partial charge in [-0.3, -0.25) is 9.59 Å². The van der Waals surface area contributed by atoms with Crippen LogP contribution in [0.4, 0.5) is 0 Å². The van der Waals surface area contributed by atoms with E-state index in [1.54, 1.807) is 0 Å². The van der Waals surface area contributed by atoms with Crippen LogP contribution in [-0.4, -0.2) is 11.6 Å². The van der Waals surface area contributed by atoms with Gasteiger partial charge in [-0.1, -0.05) is 12.5 Å². The highest BCUT2D eigenvalue weighted by Gasteiger charge is 2.53. The number of hydrogen-bond acceptors (Lipinski definition) is 3. The number of carbonyl (C=O) groups excluding carboxylic acids is 2. The molecule has 0 aromatic carbocycles. The molecule has 0 heterocycles. The third-order valence-electron chi connectivity index (χ3n) is 5.88. The monoisotopic (exact) mass is 271 g/mol. The average molecular weight is 271 g/mol. The summed E-state index contributed by atoms with van der Waals surface area (Å²) in [5, 5.41) is 8.78. The third-order valence-corrected chi connectivity index (χ3v) is 5.88. The van der Waals surface area contributed by atoms with Gasteiger partial charge >= 0.3 is 0 Å². The van der Waals surface area contributed by atoms with Crippen molar-refractivity contribution < 1.29 is 9.59 Å². The molecule has 20 heavy (non-hydrogen) atoms. The molecule has 2 saturated carbocycles. The second-order valence-electron chi connectivity index (χ2n) is 6.72. The van der Waals surface area contributed by atoms with Crippen LogP contribution in [0.25, 0.3) is 0 Å². The van der Waals surface area contributed by atoms with Gasteiger partial charge in [-0.05, 0) is 49.5 Å². The molecule has 0 saturated heterocycles. The van der Waals surface area contributed by atoms with Gasteiger partial charge in [-0.2, -0.15) is 5.26 Å². The molecule has 2 fully saturated rings. The first-order chi connectivity index (χ1) is 9.58. The molecular weight excluding hydrogens is 250 g/mol. The lowest BCUT2D eigenvalue weighted by atomic mass is 9.58. The molecule has 0 aromatic heterocycles. The quantitative estimate of drug-likeness (QED) is 0.774. The highest BCUT2D eigenvalue weighted by molar-refractivity contribution is 5.97. The highest BCUT2D eigenvalue weighted by atomic mass is 16.1. The van der Waals surface area contributed by atoms with Crippen molar-refractivity contribution in [3.05, 3.63) is 11.1 Å². The van der Waals surface area contributed by atoms with Crippen molar-refractivity contribution in [3.63, 3.8) is 0 Å². The van der Waals surface area contributed by atoms with E-state index in [0.29, 0.717) is 43.3 Å². The van der Waals surface area contributed by atoms with Gasteiger partial charge in [0, 0.05) is 24.7 Å². The summed E-state index contributed by atoms with van der Waals surface area (Å²) in [7, 11) is 0. The van der Waals surface area contributed by atoms with E-state index in [9.17, 15) is 9.59 Å². The van der Waals surface area contributed by atoms with Crippen molar-refractivity contribution in [2.45, 2.75) is 58.3 Å². The van der Waals surface area contributed by atoms with E-state index >= 15 is 0 Å². The summed E-state index contributed by atoms with van der Waals surface area (Å²) >= 11 is 0. The van der Waals surface area contributed by atoms with Crippen molar-refractivity contribution in [3.8, 4) is 6.07 Å². The van der Waals surface area contributed by atoms with Crippen LogP contribution in [0.15, 0.2) is 11.1 Å². The normalized spacial score (nSPS) is 36.6. The minimum absolute atomic E-state index is 0.144. The molecule has 0 amide bonds. The van der Waals surface area contributed by atoms with Crippen molar-refractivity contribution in [2.75, 3.05) is 0 Å². The molecule has 106 valence electrons. The van der Waals surface area contributed by atoms with Crippen molar-refractivity contribution in [1.29, 1.82) is 5.26 Å². The number of nitriles is 1. The van der Waals surface area contributed by atoms with Crippen LogP contribution in [0, 0.1) is 28.6 Å². The second kappa shape index (κ2) is 4.84. The van der Waals surface area contributed by atoms with Crippen LogP contribution in [0.2, 0.25) is 0 Å². The van der Waals surface area contributed by atoms with Crippen LogP contribution >= 0.6 is 0 Å². The Morgan fingerprint density at radius 1 is 1.25 bits per heavy atom. The summed E-state index contributed by atoms with van der Waals surface area (Å²) < 4.78 is 0. The van der Waals surface area contributed by atoms with Gasteiger partial charge in [0.15, 0.2) is 5.78 Å². The summed E-state index contributed by atoms with van der Waals surface area (Å²) in [4.78, 5) is 24.4. The van der Waals surface area contributed by atoms with E-state index in [0.717, 1.165) is 31.3 Å². The minimum Gasteiger partial charge on any atom is -0.299 e. The van der Waals surface area contributed by atoms with Gasteiger partial charge in [-0.15, -0.1) is 0 Å². The number of rotatable bonds is 2. The number of ketones is 2. The lowest BCUT2D eigenvalue weighted by molar-refractivity contribution is -0.128. The second-order valence-corrected chi connectivity index (χ2v) is 6.72. The summed E-state index contributed by atoms with van der Waals surface area (Å²) in [6.07, 6.45) is 6.04. The molecule has 3 nitrogen and oxygen atoms in total. The Morgan fingerprint density at radius 3 is 2.80 bits per heavy atom. The van der Waals surface area contributed by atoms with E-state index in [1.165, 1.54) is 5.57 Å². The Balaban J connectivity index is 1.95. The van der Waals surface area contributed by atoms with E-state index in [2.05, 4.69) is 13.0 Å². The van der Waals surface area contributed by atoms with Gasteiger partial charge < -0.3 is 0 Å². The Labute approximate surface area is 120 Å². The van der Waals surface area contributed by atoms with E-state index in [4.69, 9.17) is 5.26 Å². The largest absolute Gasteiger partial charge is 0.299 e. The molecule has 0 aromatic rings. The zero-order valence-corrected chi connectivity index (χ0v) is 12.1. The lowest BCUT2D eigenvalue weighted by Gasteiger charge is -2.45. The van der Waals surface area contributed by atoms with Crippen LogP contribution in [-0.2, 0) is 9.59 Å². The Morgan fingerprint density at radius 2 is 2.05 bits per heavy atom. The smallest absolute Gasteiger partial charge is 0.158 e. The molecule has 0 spiro atoms. The molecule has 0 bridgehead atoms. The van der Waals surface area contributed by atoms with Gasteiger partial charge in [-0.25, -0.2) is 0 Å². The van der Waals surface area contributed by atoms with Gasteiger partial charge in [0.05, 0.1) is 6.07 Å². The molecule has 3 rings (SSSR count). The van der Waals surface area contributed by atoms with E-state index < -0.39 is 0 Å². The molecule has 0 aliphatic heterocycles. The first-order valence-corrected chi connectivity index (χ1v) is 7.73. The predicted octanol–water partition coefficient (Wildman–Crippen LogP) is 3.35. The summed E-state index contributed by atoms with van der Waals surface area (Å²) in [6, 6.07) is 2.15. The number of nitrogens with zero attached hydrogens (tertiary/aromatic N) is 1. The Hall–Kier alpha value is -1.43. The topological polar surface area (TPSA) is 57.9 Å². The number of Topliss-reactive ketones (excluding diaryl/α,β-unsaturated/α-hetero) is 2. The van der Waals surface area contributed by atoms with E-state index in [-0.39, 0.29) is 11.2 Å². The fraction of sp³-hybridized carbons (Fsp3) is 0.706. The van der Waals surface area contributed by atoms with Crippen LogP contribution in [0.1, 0.15) is 58.3 Å². The molecular formula is C17H21NO2. The fourth-order valence-corrected chi connectivity index (χ4v) is 4.74.